The van der Waals surface area contributed by atoms with Crippen molar-refractivity contribution in [3.63, 3.8) is 0 Å². The Balaban J connectivity index is 1.47. The Kier molecular flexibility index (Phi) is 5.77. The number of carbonyl (C=O) groups excluding carboxylic acids is 1. The molecule has 4 heteroatoms. The van der Waals surface area contributed by atoms with E-state index in [1.807, 2.05) is 12.1 Å². The summed E-state index contributed by atoms with van der Waals surface area (Å²) in [6.45, 7) is 2.31. The monoisotopic (exact) mass is 331 g/mol. The number of nitrogens with one attached hydrogen (secondary N) is 1. The Hall–Kier alpha value is -1.55. The number of rotatable bonds is 8. The molecule has 1 aromatic rings. The predicted molar refractivity (Wildman–Crippen MR) is 93.9 cm³/mol. The lowest BCUT2D eigenvalue weighted by atomic mass is 9.74. The molecule has 0 amide bonds. The molecule has 0 unspecified atom stereocenters. The van der Waals surface area contributed by atoms with Gasteiger partial charge in [0.05, 0.1) is 19.1 Å². The average molecular weight is 331 g/mol. The van der Waals surface area contributed by atoms with Crippen LogP contribution in [-0.2, 0) is 16.1 Å². The van der Waals surface area contributed by atoms with Gasteiger partial charge >= 0.3 is 5.97 Å². The lowest BCUT2D eigenvalue weighted by molar-refractivity contribution is -0.154. The Bertz CT molecular complexity index is 530. The van der Waals surface area contributed by atoms with Gasteiger partial charge in [0.25, 0.3) is 0 Å². The molecule has 2 aliphatic rings. The maximum Gasteiger partial charge on any atom is 0.313 e. The smallest absolute Gasteiger partial charge is 0.313 e. The van der Waals surface area contributed by atoms with E-state index >= 15 is 0 Å². The van der Waals surface area contributed by atoms with Gasteiger partial charge in [-0.2, -0.15) is 0 Å². The van der Waals surface area contributed by atoms with E-state index in [4.69, 9.17) is 9.47 Å². The zero-order valence-electron chi connectivity index (χ0n) is 14.7. The van der Waals surface area contributed by atoms with Crippen molar-refractivity contribution in [2.45, 2.75) is 51.5 Å². The second kappa shape index (κ2) is 8.02. The van der Waals surface area contributed by atoms with Gasteiger partial charge in [0, 0.05) is 13.1 Å². The summed E-state index contributed by atoms with van der Waals surface area (Å²) in [6, 6.07) is 8.27. The summed E-state index contributed by atoms with van der Waals surface area (Å²) in [4.78, 5) is 12.2. The highest BCUT2D eigenvalue weighted by Crippen LogP contribution is 2.37. The van der Waals surface area contributed by atoms with Crippen molar-refractivity contribution in [1.29, 1.82) is 0 Å². The molecule has 1 N–H and O–H groups in total. The van der Waals surface area contributed by atoms with Crippen LogP contribution in [0.3, 0.4) is 0 Å². The van der Waals surface area contributed by atoms with E-state index in [0.29, 0.717) is 6.54 Å². The van der Waals surface area contributed by atoms with Crippen LogP contribution in [0.4, 0.5) is 0 Å². The van der Waals surface area contributed by atoms with Crippen LogP contribution in [0.2, 0.25) is 0 Å². The normalized spacial score (nSPS) is 19.7. The fraction of sp³-hybridized carbons (Fsp3) is 0.650. The summed E-state index contributed by atoms with van der Waals surface area (Å²) in [5.74, 6) is 1.67. The molecule has 0 heterocycles. The second-order valence-electron chi connectivity index (χ2n) is 7.33. The molecule has 24 heavy (non-hydrogen) atoms. The molecule has 0 saturated heterocycles. The molecule has 1 aromatic carbocycles. The van der Waals surface area contributed by atoms with Crippen LogP contribution in [0.25, 0.3) is 0 Å². The molecule has 0 aliphatic heterocycles. The van der Waals surface area contributed by atoms with Gasteiger partial charge in [-0.15, -0.1) is 0 Å². The molecule has 3 rings (SSSR count). The minimum absolute atomic E-state index is 0.0569. The third kappa shape index (κ3) is 4.50. The summed E-state index contributed by atoms with van der Waals surface area (Å²) >= 11 is 0. The molecule has 0 radical (unpaired) electrons. The Morgan fingerprint density at radius 1 is 1.17 bits per heavy atom. The summed E-state index contributed by atoms with van der Waals surface area (Å²) in [5.41, 5.74) is 0.880. The lowest BCUT2D eigenvalue weighted by Crippen LogP contribution is -2.43. The molecule has 4 nitrogen and oxygen atoms in total. The first kappa shape index (κ1) is 17.3. The minimum Gasteiger partial charge on any atom is -0.493 e. The fourth-order valence-corrected chi connectivity index (χ4v) is 3.55. The molecule has 0 spiro atoms. The van der Waals surface area contributed by atoms with Gasteiger partial charge in [-0.3, -0.25) is 4.79 Å². The average Bonchev–Trinajstić information content (AvgIpc) is 3.45. The van der Waals surface area contributed by atoms with Gasteiger partial charge in [0.1, 0.15) is 5.75 Å². The highest BCUT2D eigenvalue weighted by Gasteiger charge is 2.40. The Morgan fingerprint density at radius 2 is 1.88 bits per heavy atom. The summed E-state index contributed by atoms with van der Waals surface area (Å²) < 4.78 is 10.8. The number of ether oxygens (including phenoxy) is 2. The number of hydrogen-bond donors (Lipinski definition) is 1. The van der Waals surface area contributed by atoms with E-state index in [1.54, 1.807) is 0 Å². The van der Waals surface area contributed by atoms with Crippen LogP contribution in [-0.4, -0.2) is 26.2 Å². The first-order valence-electron chi connectivity index (χ1n) is 9.23. The maximum absolute atomic E-state index is 12.2. The highest BCUT2D eigenvalue weighted by molar-refractivity contribution is 5.77. The third-order valence-electron chi connectivity index (χ3n) is 5.33. The lowest BCUT2D eigenvalue weighted by Gasteiger charge is -2.34. The first-order chi connectivity index (χ1) is 11.7. The molecular weight excluding hydrogens is 302 g/mol. The maximum atomic E-state index is 12.2. The quantitative estimate of drug-likeness (QED) is 0.738. The van der Waals surface area contributed by atoms with Crippen molar-refractivity contribution >= 4 is 5.97 Å². The SMILES string of the molecule is COC(=O)C1(CNCc2ccc(OCC3CC3)cc2)CCCCC1. The van der Waals surface area contributed by atoms with Gasteiger partial charge in [-0.25, -0.2) is 0 Å². The first-order valence-corrected chi connectivity index (χ1v) is 9.23. The minimum atomic E-state index is -0.333. The van der Waals surface area contributed by atoms with E-state index in [2.05, 4.69) is 17.4 Å². The molecule has 2 fully saturated rings. The van der Waals surface area contributed by atoms with Gasteiger partial charge in [0.2, 0.25) is 0 Å². The van der Waals surface area contributed by atoms with Crippen molar-refractivity contribution in [3.05, 3.63) is 29.8 Å². The zero-order chi connectivity index (χ0) is 16.8. The summed E-state index contributed by atoms with van der Waals surface area (Å²) in [5, 5.41) is 3.47. The van der Waals surface area contributed by atoms with E-state index in [-0.39, 0.29) is 11.4 Å². The van der Waals surface area contributed by atoms with Crippen LogP contribution in [0.5, 0.6) is 5.75 Å². The molecule has 132 valence electrons. The van der Waals surface area contributed by atoms with E-state index in [0.717, 1.165) is 50.5 Å². The van der Waals surface area contributed by atoms with E-state index in [1.165, 1.54) is 31.9 Å². The van der Waals surface area contributed by atoms with Crippen molar-refractivity contribution < 1.29 is 14.3 Å². The van der Waals surface area contributed by atoms with Gasteiger partial charge in [0.15, 0.2) is 0 Å². The van der Waals surface area contributed by atoms with E-state index in [9.17, 15) is 4.79 Å². The van der Waals surface area contributed by atoms with Crippen LogP contribution in [0.1, 0.15) is 50.5 Å². The Morgan fingerprint density at radius 3 is 2.50 bits per heavy atom. The van der Waals surface area contributed by atoms with Gasteiger partial charge in [-0.05, 0) is 49.3 Å². The number of benzene rings is 1. The van der Waals surface area contributed by atoms with Crippen molar-refractivity contribution in [3.8, 4) is 5.75 Å². The predicted octanol–water partition coefficient (Wildman–Crippen LogP) is 3.69. The number of hydrogen-bond acceptors (Lipinski definition) is 4. The fourth-order valence-electron chi connectivity index (χ4n) is 3.55. The van der Waals surface area contributed by atoms with Crippen molar-refractivity contribution in [2.75, 3.05) is 20.3 Å². The van der Waals surface area contributed by atoms with Crippen LogP contribution in [0, 0.1) is 11.3 Å². The second-order valence-corrected chi connectivity index (χ2v) is 7.33. The Labute approximate surface area is 144 Å². The molecule has 0 bridgehead atoms. The van der Waals surface area contributed by atoms with Crippen LogP contribution < -0.4 is 10.1 Å². The van der Waals surface area contributed by atoms with Crippen LogP contribution in [0.15, 0.2) is 24.3 Å². The number of carbonyl (C=O) groups is 1. The molecule has 0 atom stereocenters. The number of esters is 1. The van der Waals surface area contributed by atoms with E-state index < -0.39 is 0 Å². The molecule has 2 saturated carbocycles. The molecule has 2 aliphatic carbocycles. The zero-order valence-corrected chi connectivity index (χ0v) is 14.7. The third-order valence-corrected chi connectivity index (χ3v) is 5.33. The van der Waals surface area contributed by atoms with Crippen LogP contribution >= 0.6 is 0 Å². The van der Waals surface area contributed by atoms with Crippen molar-refractivity contribution in [2.24, 2.45) is 11.3 Å². The topological polar surface area (TPSA) is 47.6 Å². The standard InChI is InChI=1S/C20H29NO3/c1-23-19(22)20(11-3-2-4-12-20)15-21-13-16-7-9-18(10-8-16)24-14-17-5-6-17/h7-10,17,21H,2-6,11-15H2,1H3. The largest absolute Gasteiger partial charge is 0.493 e. The van der Waals surface area contributed by atoms with Crippen molar-refractivity contribution in [1.82, 2.24) is 5.32 Å². The molecule has 0 aromatic heterocycles. The van der Waals surface area contributed by atoms with Gasteiger partial charge in [-0.1, -0.05) is 31.4 Å². The highest BCUT2D eigenvalue weighted by atomic mass is 16.5. The molecular formula is C20H29NO3. The summed E-state index contributed by atoms with van der Waals surface area (Å²) in [6.07, 6.45) is 7.93. The summed E-state index contributed by atoms with van der Waals surface area (Å²) in [7, 11) is 1.50. The number of methoxy groups -OCH3 is 1. The van der Waals surface area contributed by atoms with Gasteiger partial charge < -0.3 is 14.8 Å².